The molecule has 21 heavy (non-hydrogen) atoms. The van der Waals surface area contributed by atoms with Crippen LogP contribution in [-0.4, -0.2) is 4.57 Å². The number of anilines is 1. The second-order valence-corrected chi connectivity index (χ2v) is 5.65. The highest BCUT2D eigenvalue weighted by molar-refractivity contribution is 6.30. The Morgan fingerprint density at radius 1 is 1.29 bits per heavy atom. The molecule has 2 N–H and O–H groups in total. The van der Waals surface area contributed by atoms with Gasteiger partial charge in [-0.25, -0.2) is 0 Å². The number of rotatable bonds is 6. The average Bonchev–Trinajstić information content (AvgIpc) is 2.76. The van der Waals surface area contributed by atoms with Crippen LogP contribution in [-0.2, 0) is 13.0 Å². The highest BCUT2D eigenvalue weighted by Crippen LogP contribution is 2.23. The quantitative estimate of drug-likeness (QED) is 0.805. The molecule has 1 aromatic heterocycles. The minimum Gasteiger partial charge on any atom is -0.397 e. The van der Waals surface area contributed by atoms with Gasteiger partial charge in [-0.2, -0.15) is 5.26 Å². The average molecular weight is 302 g/mol. The summed E-state index contributed by atoms with van der Waals surface area (Å²) in [5.74, 6) is 0. The molecule has 0 radical (unpaired) electrons. The maximum Gasteiger partial charge on any atom is 0.122 e. The topological polar surface area (TPSA) is 54.7 Å². The monoisotopic (exact) mass is 301 g/mol. The van der Waals surface area contributed by atoms with Gasteiger partial charge in [-0.05, 0) is 30.2 Å². The van der Waals surface area contributed by atoms with E-state index in [4.69, 9.17) is 17.3 Å². The van der Waals surface area contributed by atoms with Crippen LogP contribution in [0.4, 0.5) is 5.69 Å². The molecule has 2 aromatic rings. The van der Waals surface area contributed by atoms with Gasteiger partial charge < -0.3 is 10.3 Å². The summed E-state index contributed by atoms with van der Waals surface area (Å²) < 4.78 is 2.05. The molecule has 0 unspecified atom stereocenters. The summed E-state index contributed by atoms with van der Waals surface area (Å²) in [4.78, 5) is 0. The smallest absolute Gasteiger partial charge is 0.122 e. The SMILES string of the molecule is CCCCCn1c(C#N)cc(N)c1Cc1cccc(Cl)c1. The maximum absolute atomic E-state index is 9.28. The lowest BCUT2D eigenvalue weighted by molar-refractivity contribution is 0.586. The first-order chi connectivity index (χ1) is 10.2. The van der Waals surface area contributed by atoms with Gasteiger partial charge in [-0.1, -0.05) is 43.5 Å². The van der Waals surface area contributed by atoms with Crippen molar-refractivity contribution in [1.29, 1.82) is 5.26 Å². The summed E-state index contributed by atoms with van der Waals surface area (Å²) in [5, 5.41) is 9.99. The van der Waals surface area contributed by atoms with Crippen molar-refractivity contribution in [2.45, 2.75) is 39.2 Å². The van der Waals surface area contributed by atoms with Crippen LogP contribution in [0.15, 0.2) is 30.3 Å². The number of nitrogen functional groups attached to an aromatic ring is 1. The zero-order valence-corrected chi connectivity index (χ0v) is 13.0. The first-order valence-electron chi connectivity index (χ1n) is 7.28. The predicted octanol–water partition coefficient (Wildman–Crippen LogP) is 4.38. The van der Waals surface area contributed by atoms with Crippen molar-refractivity contribution in [3.8, 4) is 6.07 Å². The number of hydrogen-bond acceptors (Lipinski definition) is 2. The van der Waals surface area contributed by atoms with E-state index in [0.29, 0.717) is 17.8 Å². The standard InChI is InChI=1S/C17H20ClN3/c1-2-3-4-8-21-15(12-19)11-16(20)17(21)10-13-6-5-7-14(18)9-13/h5-7,9,11H,2-4,8,10,20H2,1H3. The van der Waals surface area contributed by atoms with Gasteiger partial charge in [0.2, 0.25) is 0 Å². The lowest BCUT2D eigenvalue weighted by Gasteiger charge is -2.11. The molecule has 0 atom stereocenters. The van der Waals surface area contributed by atoms with E-state index >= 15 is 0 Å². The molecule has 0 saturated carbocycles. The number of nitrogens with zero attached hydrogens (tertiary/aromatic N) is 2. The molecule has 4 heteroatoms. The van der Waals surface area contributed by atoms with E-state index in [1.165, 1.54) is 0 Å². The Balaban J connectivity index is 2.29. The Kier molecular flexibility index (Phi) is 5.30. The lowest BCUT2D eigenvalue weighted by Crippen LogP contribution is -2.07. The van der Waals surface area contributed by atoms with Gasteiger partial charge in [0, 0.05) is 23.7 Å². The molecule has 0 spiro atoms. The van der Waals surface area contributed by atoms with E-state index in [2.05, 4.69) is 13.0 Å². The van der Waals surface area contributed by atoms with Gasteiger partial charge in [-0.15, -0.1) is 0 Å². The van der Waals surface area contributed by atoms with Gasteiger partial charge >= 0.3 is 0 Å². The zero-order valence-electron chi connectivity index (χ0n) is 12.3. The van der Waals surface area contributed by atoms with Crippen LogP contribution in [0.3, 0.4) is 0 Å². The minimum atomic E-state index is 0.639. The fraction of sp³-hybridized carbons (Fsp3) is 0.353. The molecule has 1 aromatic carbocycles. The summed E-state index contributed by atoms with van der Waals surface area (Å²) in [6, 6.07) is 11.8. The first-order valence-corrected chi connectivity index (χ1v) is 7.66. The number of benzene rings is 1. The van der Waals surface area contributed by atoms with Crippen molar-refractivity contribution >= 4 is 17.3 Å². The van der Waals surface area contributed by atoms with Crippen LogP contribution in [0.5, 0.6) is 0 Å². The molecule has 3 nitrogen and oxygen atoms in total. The van der Waals surface area contributed by atoms with Crippen molar-refractivity contribution in [1.82, 2.24) is 4.57 Å². The van der Waals surface area contributed by atoms with Crippen molar-refractivity contribution in [2.75, 3.05) is 5.73 Å². The third-order valence-electron chi connectivity index (χ3n) is 3.60. The molecular formula is C17H20ClN3. The molecule has 0 aliphatic heterocycles. The Morgan fingerprint density at radius 2 is 2.10 bits per heavy atom. The Bertz CT molecular complexity index is 653. The molecule has 110 valence electrons. The molecule has 0 aliphatic carbocycles. The number of aromatic nitrogens is 1. The molecule has 1 heterocycles. The highest BCUT2D eigenvalue weighted by atomic mass is 35.5. The second kappa shape index (κ2) is 7.19. The molecule has 0 amide bonds. The highest BCUT2D eigenvalue weighted by Gasteiger charge is 2.13. The van der Waals surface area contributed by atoms with E-state index in [9.17, 15) is 5.26 Å². The van der Waals surface area contributed by atoms with Crippen molar-refractivity contribution in [2.24, 2.45) is 0 Å². The van der Waals surface area contributed by atoms with E-state index < -0.39 is 0 Å². The van der Waals surface area contributed by atoms with E-state index in [1.807, 2.05) is 28.8 Å². The number of nitriles is 1. The van der Waals surface area contributed by atoms with E-state index in [0.717, 1.165) is 42.1 Å². The van der Waals surface area contributed by atoms with E-state index in [1.54, 1.807) is 6.07 Å². The van der Waals surface area contributed by atoms with Gasteiger partial charge in [0.1, 0.15) is 11.8 Å². The molecule has 0 fully saturated rings. The molecule has 0 aliphatic rings. The van der Waals surface area contributed by atoms with Gasteiger partial charge in [0.25, 0.3) is 0 Å². The third kappa shape index (κ3) is 3.80. The number of nitrogens with two attached hydrogens (primary N) is 1. The van der Waals surface area contributed by atoms with Crippen LogP contribution < -0.4 is 5.73 Å². The summed E-state index contributed by atoms with van der Waals surface area (Å²) in [7, 11) is 0. The van der Waals surface area contributed by atoms with Gasteiger partial charge in [-0.3, -0.25) is 0 Å². The van der Waals surface area contributed by atoms with Crippen LogP contribution in [0, 0.1) is 11.3 Å². The van der Waals surface area contributed by atoms with Crippen molar-refractivity contribution in [3.05, 3.63) is 52.3 Å². The Labute approximate surface area is 130 Å². The summed E-state index contributed by atoms with van der Waals surface area (Å²) >= 11 is 6.04. The van der Waals surface area contributed by atoms with Crippen molar-refractivity contribution < 1.29 is 0 Å². The molecular weight excluding hydrogens is 282 g/mol. The second-order valence-electron chi connectivity index (χ2n) is 5.21. The zero-order chi connectivity index (χ0) is 15.2. The number of hydrogen-bond donors (Lipinski definition) is 1. The Hall–Kier alpha value is -1.92. The van der Waals surface area contributed by atoms with Crippen LogP contribution in [0.25, 0.3) is 0 Å². The van der Waals surface area contributed by atoms with Crippen LogP contribution >= 0.6 is 11.6 Å². The molecule has 0 saturated heterocycles. The van der Waals surface area contributed by atoms with Gasteiger partial charge in [0.15, 0.2) is 0 Å². The minimum absolute atomic E-state index is 0.639. The lowest BCUT2D eigenvalue weighted by atomic mass is 10.1. The van der Waals surface area contributed by atoms with E-state index in [-0.39, 0.29) is 0 Å². The fourth-order valence-electron chi connectivity index (χ4n) is 2.52. The third-order valence-corrected chi connectivity index (χ3v) is 3.84. The normalized spacial score (nSPS) is 10.5. The van der Waals surface area contributed by atoms with Crippen molar-refractivity contribution in [3.63, 3.8) is 0 Å². The first kappa shape index (κ1) is 15.5. The fourth-order valence-corrected chi connectivity index (χ4v) is 2.73. The molecule has 0 bridgehead atoms. The summed E-state index contributed by atoms with van der Waals surface area (Å²) in [5.41, 5.74) is 9.54. The number of halogens is 1. The summed E-state index contributed by atoms with van der Waals surface area (Å²) in [6.45, 7) is 3.01. The van der Waals surface area contributed by atoms with Crippen LogP contribution in [0.2, 0.25) is 5.02 Å². The van der Waals surface area contributed by atoms with Gasteiger partial charge in [0.05, 0.1) is 5.69 Å². The molecule has 2 rings (SSSR count). The predicted molar refractivity (Wildman–Crippen MR) is 87.3 cm³/mol. The maximum atomic E-state index is 9.28. The largest absolute Gasteiger partial charge is 0.397 e. The summed E-state index contributed by atoms with van der Waals surface area (Å²) in [6.07, 6.45) is 4.06. The van der Waals surface area contributed by atoms with Crippen LogP contribution in [0.1, 0.15) is 43.1 Å². The Morgan fingerprint density at radius 3 is 2.76 bits per heavy atom. The number of unbranched alkanes of at least 4 members (excludes halogenated alkanes) is 2.